The fraction of sp³-hybridized carbons (Fsp3) is 0. The third-order valence-corrected chi connectivity index (χ3v) is 7.46. The van der Waals surface area contributed by atoms with E-state index in [0.29, 0.717) is 24.3 Å². The molecule has 2 aromatic rings. The second kappa shape index (κ2) is 7.25. The zero-order valence-corrected chi connectivity index (χ0v) is 16.4. The van der Waals surface area contributed by atoms with Crippen LogP contribution < -0.4 is 20.9 Å². The van der Waals surface area contributed by atoms with Crippen LogP contribution in [0, 0.1) is 20.2 Å². The zero-order valence-electron chi connectivity index (χ0n) is 13.9. The van der Waals surface area contributed by atoms with Crippen LogP contribution in [0.25, 0.3) is 0 Å². The topological polar surface area (TPSA) is 244 Å². The zero-order chi connectivity index (χ0) is 22.4. The molecule has 0 atom stereocenters. The van der Waals surface area contributed by atoms with Crippen molar-refractivity contribution in [2.24, 2.45) is 10.3 Å². The number of nitrogens with two attached hydrogens (primary N) is 2. The smallest absolute Gasteiger partial charge is 0.290 e. The minimum absolute atomic E-state index is 0.486. The van der Waals surface area contributed by atoms with Crippen LogP contribution in [0.5, 0.6) is 0 Å². The molecule has 14 nitrogen and oxygen atoms in total. The van der Waals surface area contributed by atoms with Gasteiger partial charge >= 0.3 is 0 Å². The first-order chi connectivity index (χ1) is 13.1. The summed E-state index contributed by atoms with van der Waals surface area (Å²) < 4.78 is 58.6. The number of sulfonamides is 2. The van der Waals surface area contributed by atoms with Crippen LogP contribution in [0.4, 0.5) is 11.4 Å². The highest BCUT2D eigenvalue weighted by Crippen LogP contribution is 2.41. The molecule has 0 saturated heterocycles. The predicted molar refractivity (Wildman–Crippen MR) is 98.0 cm³/mol. The average Bonchev–Trinajstić information content (AvgIpc) is 2.58. The van der Waals surface area contributed by atoms with Crippen LogP contribution in [0.2, 0.25) is 0 Å². The van der Waals surface area contributed by atoms with Gasteiger partial charge in [-0.05, 0) is 24.3 Å². The highest BCUT2D eigenvalue weighted by Gasteiger charge is 2.33. The summed E-state index contributed by atoms with van der Waals surface area (Å²) in [5, 5.41) is 30.7. The number of nitro benzene ring substituents is 2. The molecule has 29 heavy (non-hydrogen) atoms. The first-order valence-corrected chi connectivity index (χ1v) is 11.8. The van der Waals surface area contributed by atoms with Gasteiger partial charge in [0.1, 0.15) is 0 Å². The Morgan fingerprint density at radius 2 is 1.10 bits per heavy atom. The number of nitrogens with zero attached hydrogens (tertiary/aromatic N) is 2. The van der Waals surface area contributed by atoms with Crippen LogP contribution in [0.3, 0.4) is 0 Å². The van der Waals surface area contributed by atoms with Crippen LogP contribution >= 0.6 is 7.37 Å². The molecule has 2 aromatic carbocycles. The van der Waals surface area contributed by atoms with Crippen molar-refractivity contribution in [1.82, 2.24) is 0 Å². The molecule has 0 fully saturated rings. The molecule has 0 bridgehead atoms. The lowest BCUT2D eigenvalue weighted by Gasteiger charge is -2.13. The van der Waals surface area contributed by atoms with Crippen molar-refractivity contribution < 1.29 is 36.1 Å². The lowest BCUT2D eigenvalue weighted by molar-refractivity contribution is -0.387. The summed E-state index contributed by atoms with van der Waals surface area (Å²) in [7, 11) is -13.8. The van der Waals surface area contributed by atoms with Gasteiger partial charge in [0.15, 0.2) is 9.79 Å². The van der Waals surface area contributed by atoms with Gasteiger partial charge in [-0.1, -0.05) is 0 Å². The quantitative estimate of drug-likeness (QED) is 0.267. The molecule has 156 valence electrons. The normalized spacial score (nSPS) is 12.5. The Balaban J connectivity index is 2.75. The molecule has 5 N–H and O–H groups in total. The summed E-state index contributed by atoms with van der Waals surface area (Å²) in [4.78, 5) is 28.5. The number of rotatable bonds is 6. The van der Waals surface area contributed by atoms with E-state index in [2.05, 4.69) is 0 Å². The largest absolute Gasteiger partial charge is 0.338 e. The third kappa shape index (κ3) is 4.47. The van der Waals surface area contributed by atoms with Gasteiger partial charge in [-0.15, -0.1) is 0 Å². The van der Waals surface area contributed by atoms with Crippen molar-refractivity contribution in [2.45, 2.75) is 9.79 Å². The Hall–Kier alpha value is -2.75. The Morgan fingerprint density at radius 1 is 0.793 bits per heavy atom. The number of hydrogen-bond acceptors (Lipinski definition) is 9. The van der Waals surface area contributed by atoms with E-state index < -0.39 is 69.0 Å². The summed E-state index contributed by atoms with van der Waals surface area (Å²) in [5.74, 6) is 0. The Kier molecular flexibility index (Phi) is 5.64. The van der Waals surface area contributed by atoms with E-state index in [1.54, 1.807) is 0 Å². The molecule has 0 aromatic heterocycles. The van der Waals surface area contributed by atoms with Gasteiger partial charge in [0.2, 0.25) is 20.0 Å². The van der Waals surface area contributed by atoms with Gasteiger partial charge in [0.25, 0.3) is 18.7 Å². The van der Waals surface area contributed by atoms with Gasteiger partial charge in [-0.2, -0.15) is 0 Å². The lowest BCUT2D eigenvalue weighted by Crippen LogP contribution is -2.21. The number of primary sulfonamides is 2. The molecule has 17 heteroatoms. The Labute approximate surface area is 162 Å². The van der Waals surface area contributed by atoms with Gasteiger partial charge in [0, 0.05) is 22.7 Å². The van der Waals surface area contributed by atoms with Gasteiger partial charge < -0.3 is 4.89 Å². The van der Waals surface area contributed by atoms with Crippen molar-refractivity contribution in [2.75, 3.05) is 0 Å². The Bertz CT molecular complexity index is 1210. The summed E-state index contributed by atoms with van der Waals surface area (Å²) in [6, 6.07) is 3.79. The molecule has 0 radical (unpaired) electrons. The van der Waals surface area contributed by atoms with E-state index in [0.717, 1.165) is 12.1 Å². The predicted octanol–water partition coefficient (Wildman–Crippen LogP) is -0.981. The molecular weight excluding hydrogens is 455 g/mol. The van der Waals surface area contributed by atoms with Gasteiger partial charge in [-0.25, -0.2) is 27.1 Å². The first-order valence-electron chi connectivity index (χ1n) is 7.03. The number of nitro groups is 2. The maximum Gasteiger partial charge on any atom is 0.290 e. The first kappa shape index (κ1) is 22.5. The van der Waals surface area contributed by atoms with E-state index in [-0.39, 0.29) is 0 Å². The average molecular weight is 466 g/mol. The minimum atomic E-state index is -4.75. The van der Waals surface area contributed by atoms with E-state index in [1.165, 1.54) is 0 Å². The second-order valence-electron chi connectivity index (χ2n) is 5.48. The lowest BCUT2D eigenvalue weighted by atomic mass is 10.3. The minimum Gasteiger partial charge on any atom is -0.338 e. The fourth-order valence-corrected chi connectivity index (χ4v) is 5.12. The van der Waals surface area contributed by atoms with E-state index in [4.69, 9.17) is 10.3 Å². The van der Waals surface area contributed by atoms with E-state index in [9.17, 15) is 46.5 Å². The molecule has 0 aliphatic rings. The number of benzene rings is 2. The fourth-order valence-electron chi connectivity index (χ4n) is 2.30. The molecule has 0 amide bonds. The van der Waals surface area contributed by atoms with Gasteiger partial charge in [0.05, 0.1) is 9.85 Å². The Morgan fingerprint density at radius 3 is 1.34 bits per heavy atom. The van der Waals surface area contributed by atoms with Crippen molar-refractivity contribution in [3.8, 4) is 0 Å². The van der Waals surface area contributed by atoms with Crippen molar-refractivity contribution in [3.63, 3.8) is 0 Å². The summed E-state index contributed by atoms with van der Waals surface area (Å²) in [5.41, 5.74) is -2.18. The molecule has 0 saturated carbocycles. The van der Waals surface area contributed by atoms with Crippen LogP contribution in [-0.2, 0) is 24.6 Å². The summed E-state index contributed by atoms with van der Waals surface area (Å²) in [6.45, 7) is 0. The van der Waals surface area contributed by atoms with Crippen LogP contribution in [-0.4, -0.2) is 31.6 Å². The van der Waals surface area contributed by atoms with Crippen molar-refractivity contribution in [3.05, 3.63) is 56.6 Å². The van der Waals surface area contributed by atoms with E-state index in [1.807, 2.05) is 0 Å². The number of hydrogen-bond donors (Lipinski definition) is 3. The SMILES string of the molecule is NS(=O)(=O)c1ccc(P(=O)(O)c2ccc(S(N)(=O)=O)c([N+](=O)[O-])c2)cc1[N+](=O)[O-]. The maximum atomic E-state index is 12.8. The third-order valence-electron chi connectivity index (χ3n) is 3.59. The van der Waals surface area contributed by atoms with E-state index >= 15 is 0 Å². The molecule has 2 rings (SSSR count). The molecule has 0 unspecified atom stereocenters. The van der Waals surface area contributed by atoms with Crippen LogP contribution in [0.1, 0.15) is 0 Å². The highest BCUT2D eigenvalue weighted by molar-refractivity contribution is 7.89. The molecule has 0 aliphatic heterocycles. The summed E-state index contributed by atoms with van der Waals surface area (Å²) in [6.07, 6.45) is 0. The van der Waals surface area contributed by atoms with Gasteiger partial charge in [-0.3, -0.25) is 24.8 Å². The molecule has 0 heterocycles. The van der Waals surface area contributed by atoms with Crippen molar-refractivity contribution >= 4 is 49.4 Å². The molecule has 0 spiro atoms. The molecular formula is C12H11N4O10PS2. The maximum absolute atomic E-state index is 12.8. The van der Waals surface area contributed by atoms with Crippen molar-refractivity contribution in [1.29, 1.82) is 0 Å². The van der Waals surface area contributed by atoms with Crippen LogP contribution in [0.15, 0.2) is 46.2 Å². The standard InChI is InChI=1S/C12H11N4O10PS2/c13-28(23,24)11-3-1-7(5-9(11)15(17)18)27(21,22)8-2-4-12(29(14,25)26)10(6-8)16(19)20/h1-6H,(H,21,22)(H2,13,23,24)(H2,14,25,26). The monoisotopic (exact) mass is 466 g/mol. The summed E-state index contributed by atoms with van der Waals surface area (Å²) >= 11 is 0. The second-order valence-corrected chi connectivity index (χ2v) is 10.7. The molecule has 0 aliphatic carbocycles. The highest BCUT2D eigenvalue weighted by atomic mass is 32.2.